The molecule has 0 bridgehead atoms. The Balaban J connectivity index is 1.61. The first-order chi connectivity index (χ1) is 12.8. The number of benzene rings is 1. The highest BCUT2D eigenvalue weighted by atomic mass is 32.2. The number of anilines is 2. The van der Waals surface area contributed by atoms with E-state index < -0.39 is 10.0 Å². The molecule has 9 heteroatoms. The predicted octanol–water partition coefficient (Wildman–Crippen LogP) is 2.23. The van der Waals surface area contributed by atoms with E-state index in [2.05, 4.69) is 20.5 Å². The van der Waals surface area contributed by atoms with Crippen LogP contribution < -0.4 is 9.62 Å². The van der Waals surface area contributed by atoms with Crippen molar-refractivity contribution in [2.75, 3.05) is 22.4 Å². The molecule has 0 fully saturated rings. The fourth-order valence-corrected chi connectivity index (χ4v) is 4.34. The number of aryl methyl sites for hydroxylation is 2. The number of aromatic amines is 1. The lowest BCUT2D eigenvalue weighted by Crippen LogP contribution is -2.34. The molecule has 3 aromatic rings. The minimum absolute atomic E-state index is 0.267. The minimum Gasteiger partial charge on any atom is -0.321 e. The van der Waals surface area contributed by atoms with Crippen LogP contribution in [0.3, 0.4) is 0 Å². The van der Waals surface area contributed by atoms with Gasteiger partial charge >= 0.3 is 0 Å². The molecule has 3 heterocycles. The van der Waals surface area contributed by atoms with Crippen molar-refractivity contribution in [2.45, 2.75) is 19.8 Å². The van der Waals surface area contributed by atoms with E-state index >= 15 is 0 Å². The number of fused-ring (bicyclic) bond motifs is 2. The molecule has 1 aliphatic rings. The third-order valence-electron chi connectivity index (χ3n) is 4.68. The Hall–Kier alpha value is -2.94. The number of amides is 1. The highest BCUT2D eigenvalue weighted by Gasteiger charge is 2.24. The number of nitrogens with one attached hydrogen (secondary N) is 2. The zero-order valence-corrected chi connectivity index (χ0v) is 15.8. The molecular weight excluding hydrogens is 366 g/mol. The summed E-state index contributed by atoms with van der Waals surface area (Å²) in [5.41, 5.74) is 4.04. The lowest BCUT2D eigenvalue weighted by atomic mass is 10.0. The van der Waals surface area contributed by atoms with Crippen LogP contribution in [0.15, 0.2) is 30.5 Å². The number of carbonyl (C=O) groups is 1. The first-order valence-electron chi connectivity index (χ1n) is 8.55. The average molecular weight is 385 g/mol. The summed E-state index contributed by atoms with van der Waals surface area (Å²) >= 11 is 0. The van der Waals surface area contributed by atoms with E-state index in [1.807, 2.05) is 13.0 Å². The largest absolute Gasteiger partial charge is 0.321 e. The molecule has 2 N–H and O–H groups in total. The fraction of sp³-hybridized carbons (Fsp3) is 0.278. The van der Waals surface area contributed by atoms with Gasteiger partial charge in [-0.3, -0.25) is 14.2 Å². The third kappa shape index (κ3) is 3.25. The van der Waals surface area contributed by atoms with Gasteiger partial charge in [0.2, 0.25) is 10.0 Å². The lowest BCUT2D eigenvalue weighted by Gasteiger charge is -2.29. The van der Waals surface area contributed by atoms with Gasteiger partial charge in [0.25, 0.3) is 5.91 Å². The Morgan fingerprint density at radius 3 is 2.89 bits per heavy atom. The van der Waals surface area contributed by atoms with E-state index in [0.29, 0.717) is 29.1 Å². The summed E-state index contributed by atoms with van der Waals surface area (Å²) in [6.45, 7) is 2.35. The van der Waals surface area contributed by atoms with Crippen molar-refractivity contribution in [1.29, 1.82) is 0 Å². The van der Waals surface area contributed by atoms with Crippen LogP contribution in [0.5, 0.6) is 0 Å². The minimum atomic E-state index is -3.32. The van der Waals surface area contributed by atoms with Crippen molar-refractivity contribution in [3.63, 3.8) is 0 Å². The Morgan fingerprint density at radius 1 is 1.30 bits per heavy atom. The van der Waals surface area contributed by atoms with Crippen molar-refractivity contribution in [3.8, 4) is 0 Å². The Morgan fingerprint density at radius 2 is 2.11 bits per heavy atom. The number of hydrogen-bond donors (Lipinski definition) is 2. The molecule has 8 nitrogen and oxygen atoms in total. The quantitative estimate of drug-likeness (QED) is 0.719. The molecule has 0 spiro atoms. The fourth-order valence-electron chi connectivity index (χ4n) is 3.34. The molecule has 1 aromatic carbocycles. The second-order valence-electron chi connectivity index (χ2n) is 6.68. The van der Waals surface area contributed by atoms with Crippen molar-refractivity contribution in [3.05, 3.63) is 47.3 Å². The van der Waals surface area contributed by atoms with Crippen LogP contribution in [0.4, 0.5) is 11.4 Å². The smallest absolute Gasteiger partial charge is 0.255 e. The van der Waals surface area contributed by atoms with Gasteiger partial charge in [-0.2, -0.15) is 5.10 Å². The molecular formula is C18H19N5O3S. The highest BCUT2D eigenvalue weighted by molar-refractivity contribution is 7.92. The van der Waals surface area contributed by atoms with Crippen LogP contribution in [-0.4, -0.2) is 42.3 Å². The molecule has 0 aliphatic carbocycles. The van der Waals surface area contributed by atoms with Gasteiger partial charge in [0.05, 0.1) is 23.8 Å². The number of carbonyl (C=O) groups excluding carboxylic acids is 1. The number of hydrogen-bond acceptors (Lipinski definition) is 5. The summed E-state index contributed by atoms with van der Waals surface area (Å²) in [4.78, 5) is 16.9. The molecule has 0 atom stereocenters. The summed E-state index contributed by atoms with van der Waals surface area (Å²) in [7, 11) is -3.32. The number of pyridine rings is 1. The maximum absolute atomic E-state index is 12.6. The summed E-state index contributed by atoms with van der Waals surface area (Å²) < 4.78 is 25.3. The Bertz CT molecular complexity index is 1150. The molecule has 4 rings (SSSR count). The van der Waals surface area contributed by atoms with Gasteiger partial charge in [0.1, 0.15) is 0 Å². The van der Waals surface area contributed by atoms with Gasteiger partial charge in [0.15, 0.2) is 5.65 Å². The Labute approximate surface area is 156 Å². The Kier molecular flexibility index (Phi) is 4.11. The summed E-state index contributed by atoms with van der Waals surface area (Å²) in [5, 5.41) is 10.6. The molecule has 140 valence electrons. The molecule has 0 saturated carbocycles. The van der Waals surface area contributed by atoms with Gasteiger partial charge in [-0.25, -0.2) is 13.4 Å². The molecule has 0 unspecified atom stereocenters. The standard InChI is InChI=1S/C18H19N5O3S/c1-11-15-9-14(10-19-17(15)22-21-11)20-18(24)13-5-6-16-12(8-13)4-3-7-23(16)27(2,25)26/h5-6,8-10H,3-4,7H2,1-2H3,(H,20,24)(H,19,21,22). The van der Waals surface area contributed by atoms with Crippen LogP contribution in [0.2, 0.25) is 0 Å². The maximum Gasteiger partial charge on any atom is 0.255 e. The molecule has 1 aliphatic heterocycles. The van der Waals surface area contributed by atoms with Gasteiger partial charge < -0.3 is 5.32 Å². The van der Waals surface area contributed by atoms with E-state index in [1.54, 1.807) is 24.4 Å². The van der Waals surface area contributed by atoms with Crippen molar-refractivity contribution >= 4 is 38.3 Å². The number of nitrogens with zero attached hydrogens (tertiary/aromatic N) is 3. The van der Waals surface area contributed by atoms with Crippen LogP contribution in [0.25, 0.3) is 11.0 Å². The van der Waals surface area contributed by atoms with Crippen molar-refractivity contribution < 1.29 is 13.2 Å². The van der Waals surface area contributed by atoms with Crippen LogP contribution in [-0.2, 0) is 16.4 Å². The van der Waals surface area contributed by atoms with Gasteiger partial charge in [-0.15, -0.1) is 0 Å². The van der Waals surface area contributed by atoms with Crippen LogP contribution in [0.1, 0.15) is 28.0 Å². The molecule has 1 amide bonds. The first kappa shape index (κ1) is 17.5. The predicted molar refractivity (Wildman–Crippen MR) is 104 cm³/mol. The second-order valence-corrected chi connectivity index (χ2v) is 8.59. The number of rotatable bonds is 3. The van der Waals surface area contributed by atoms with Crippen molar-refractivity contribution in [2.24, 2.45) is 0 Å². The zero-order valence-electron chi connectivity index (χ0n) is 15.0. The second kappa shape index (κ2) is 6.34. The molecule has 0 saturated heterocycles. The maximum atomic E-state index is 12.6. The van der Waals surface area contributed by atoms with Gasteiger partial charge in [-0.05, 0) is 49.6 Å². The van der Waals surface area contributed by atoms with E-state index in [1.165, 1.54) is 10.6 Å². The summed E-state index contributed by atoms with van der Waals surface area (Å²) in [6.07, 6.45) is 4.23. The number of H-pyrrole nitrogens is 1. The topological polar surface area (TPSA) is 108 Å². The van der Waals surface area contributed by atoms with E-state index in [0.717, 1.165) is 29.5 Å². The number of aromatic nitrogens is 3. The SMILES string of the molecule is Cc1[nH]nc2ncc(NC(=O)c3ccc4c(c3)CCCN4S(C)(=O)=O)cc12. The first-order valence-corrected chi connectivity index (χ1v) is 10.4. The van der Waals surface area contributed by atoms with Gasteiger partial charge in [-0.1, -0.05) is 0 Å². The molecule has 0 radical (unpaired) electrons. The summed E-state index contributed by atoms with van der Waals surface area (Å²) in [6, 6.07) is 6.93. The van der Waals surface area contributed by atoms with Crippen LogP contribution >= 0.6 is 0 Å². The molecule has 27 heavy (non-hydrogen) atoms. The zero-order chi connectivity index (χ0) is 19.2. The lowest BCUT2D eigenvalue weighted by molar-refractivity contribution is 0.102. The van der Waals surface area contributed by atoms with E-state index in [-0.39, 0.29) is 5.91 Å². The average Bonchev–Trinajstić information content (AvgIpc) is 3.00. The van der Waals surface area contributed by atoms with Crippen molar-refractivity contribution in [1.82, 2.24) is 15.2 Å². The third-order valence-corrected chi connectivity index (χ3v) is 5.86. The number of sulfonamides is 1. The van der Waals surface area contributed by atoms with E-state index in [4.69, 9.17) is 0 Å². The van der Waals surface area contributed by atoms with Crippen LogP contribution in [0, 0.1) is 6.92 Å². The summed E-state index contributed by atoms with van der Waals surface area (Å²) in [5.74, 6) is -0.267. The van der Waals surface area contributed by atoms with Gasteiger partial charge in [0, 0.05) is 23.2 Å². The monoisotopic (exact) mass is 385 g/mol. The highest BCUT2D eigenvalue weighted by Crippen LogP contribution is 2.30. The van der Waals surface area contributed by atoms with E-state index in [9.17, 15) is 13.2 Å². The molecule has 2 aromatic heterocycles. The normalized spacial score (nSPS) is 14.2.